The summed E-state index contributed by atoms with van der Waals surface area (Å²) in [5.41, 5.74) is 0.382. The molecule has 2 aromatic carbocycles. The predicted molar refractivity (Wildman–Crippen MR) is 150 cm³/mol. The smallest absolute Gasteiger partial charge is 0.338 e. The third kappa shape index (κ3) is 5.23. The van der Waals surface area contributed by atoms with Crippen LogP contribution >= 0.6 is 43.2 Å². The molecule has 1 aliphatic rings. The molecule has 3 aromatic rings. The Bertz CT molecular complexity index is 1730. The summed E-state index contributed by atoms with van der Waals surface area (Å²) in [6, 6.07) is 5.03. The third-order valence-electron chi connectivity index (χ3n) is 5.87. The number of hydrogen-bond acceptors (Lipinski definition) is 10. The fourth-order valence-electron chi connectivity index (χ4n) is 4.14. The molecule has 14 heteroatoms. The molecule has 1 N–H and O–H groups in total. The first-order valence-electron chi connectivity index (χ1n) is 11.3. The van der Waals surface area contributed by atoms with Crippen LogP contribution in [-0.2, 0) is 9.53 Å². The number of aromatic hydroxyl groups is 1. The van der Waals surface area contributed by atoms with E-state index >= 15 is 0 Å². The molecule has 0 aliphatic carbocycles. The number of benzene rings is 2. The monoisotopic (exact) mass is 681 g/mol. The zero-order chi connectivity index (χ0) is 28.6. The number of ether oxygens (including phenoxy) is 3. The maximum absolute atomic E-state index is 13.8. The first-order valence-corrected chi connectivity index (χ1v) is 13.7. The third-order valence-corrected chi connectivity index (χ3v) is 8.15. The number of nitro groups is 1. The highest BCUT2D eigenvalue weighted by Crippen LogP contribution is 2.41. The normalized spacial score (nSPS) is 15.0. The number of hydrogen-bond donors (Lipinski definition) is 1. The molecule has 4 rings (SSSR count). The molecule has 0 amide bonds. The number of aromatic nitrogens is 1. The summed E-state index contributed by atoms with van der Waals surface area (Å²) in [5, 5.41) is 21.4. The number of methoxy groups -OCH3 is 2. The van der Waals surface area contributed by atoms with Crippen LogP contribution in [0.5, 0.6) is 17.2 Å². The lowest BCUT2D eigenvalue weighted by molar-refractivity contribution is -0.386. The predicted octanol–water partition coefficient (Wildman–Crippen LogP) is 3.95. The lowest BCUT2D eigenvalue weighted by Crippen LogP contribution is -2.40. The molecule has 0 unspecified atom stereocenters. The van der Waals surface area contributed by atoms with E-state index in [1.165, 1.54) is 30.9 Å². The second-order valence-corrected chi connectivity index (χ2v) is 10.9. The molecule has 0 fully saturated rings. The number of allylic oxidation sites excluding steroid dienone is 1. The van der Waals surface area contributed by atoms with Gasteiger partial charge < -0.3 is 19.3 Å². The number of nitrogens with zero attached hydrogens (tertiary/aromatic N) is 3. The van der Waals surface area contributed by atoms with Crippen molar-refractivity contribution in [1.82, 2.24) is 4.57 Å². The Morgan fingerprint density at radius 3 is 2.49 bits per heavy atom. The van der Waals surface area contributed by atoms with E-state index in [1.54, 1.807) is 26.0 Å². The summed E-state index contributed by atoms with van der Waals surface area (Å²) < 4.78 is 18.4. The topological polar surface area (TPSA) is 142 Å². The Morgan fingerprint density at radius 1 is 1.21 bits per heavy atom. The van der Waals surface area contributed by atoms with Gasteiger partial charge >= 0.3 is 11.7 Å². The highest BCUT2D eigenvalue weighted by molar-refractivity contribution is 9.10. The van der Waals surface area contributed by atoms with E-state index in [4.69, 9.17) is 14.2 Å². The molecule has 1 aliphatic heterocycles. The van der Waals surface area contributed by atoms with Gasteiger partial charge in [-0.25, -0.2) is 9.79 Å². The van der Waals surface area contributed by atoms with E-state index in [0.29, 0.717) is 37.6 Å². The SMILES string of the molecule is CCOC(=O)C1=C(C)N=c2s/c(=C\c3cc(Br)c(O)c([N+](=O)[O-])c3)c(=O)n2[C@@H]1c1cc(OC)c(OC)cc1Br. The van der Waals surface area contributed by atoms with Gasteiger partial charge in [0, 0.05) is 10.5 Å². The minimum atomic E-state index is -0.933. The second-order valence-electron chi connectivity index (χ2n) is 8.16. The summed E-state index contributed by atoms with van der Waals surface area (Å²) in [4.78, 5) is 42.5. The Hall–Kier alpha value is -3.49. The van der Waals surface area contributed by atoms with Crippen molar-refractivity contribution >= 4 is 60.9 Å². The van der Waals surface area contributed by atoms with Gasteiger partial charge in [0.25, 0.3) is 5.56 Å². The van der Waals surface area contributed by atoms with Crippen molar-refractivity contribution in [3.8, 4) is 17.2 Å². The van der Waals surface area contributed by atoms with E-state index in [0.717, 1.165) is 17.4 Å². The van der Waals surface area contributed by atoms with Crippen LogP contribution in [0, 0.1) is 10.1 Å². The fraction of sp³-hybridized carbons (Fsp3) is 0.240. The minimum absolute atomic E-state index is 0.100. The number of nitro benzene ring substituents is 1. The molecule has 0 bridgehead atoms. The first kappa shape index (κ1) is 28.5. The number of phenols is 1. The molecule has 1 aromatic heterocycles. The van der Waals surface area contributed by atoms with Crippen LogP contribution in [-0.4, -0.2) is 41.4 Å². The molecule has 0 saturated heterocycles. The van der Waals surface area contributed by atoms with E-state index < -0.39 is 33.9 Å². The van der Waals surface area contributed by atoms with Gasteiger partial charge in [-0.3, -0.25) is 19.5 Å². The van der Waals surface area contributed by atoms with Crippen molar-refractivity contribution in [2.24, 2.45) is 4.99 Å². The minimum Gasteiger partial charge on any atom is -0.501 e. The van der Waals surface area contributed by atoms with Crippen molar-refractivity contribution in [2.45, 2.75) is 19.9 Å². The quantitative estimate of drug-likeness (QED) is 0.224. The number of fused-ring (bicyclic) bond motifs is 1. The Labute approximate surface area is 242 Å². The van der Waals surface area contributed by atoms with Crippen molar-refractivity contribution < 1.29 is 29.0 Å². The molecular weight excluding hydrogens is 662 g/mol. The highest BCUT2D eigenvalue weighted by Gasteiger charge is 2.35. The summed E-state index contributed by atoms with van der Waals surface area (Å²) in [5.74, 6) is -0.320. The van der Waals surface area contributed by atoms with Gasteiger partial charge in [0.2, 0.25) is 5.75 Å². The van der Waals surface area contributed by atoms with Crippen molar-refractivity contribution in [3.05, 3.63) is 85.4 Å². The maximum atomic E-state index is 13.8. The first-order chi connectivity index (χ1) is 18.5. The zero-order valence-electron chi connectivity index (χ0n) is 21.0. The van der Waals surface area contributed by atoms with Crippen molar-refractivity contribution in [2.75, 3.05) is 20.8 Å². The lowest BCUT2D eigenvalue weighted by atomic mass is 9.95. The van der Waals surface area contributed by atoms with Crippen LogP contribution in [0.4, 0.5) is 5.69 Å². The highest BCUT2D eigenvalue weighted by atomic mass is 79.9. The van der Waals surface area contributed by atoms with Gasteiger partial charge in [-0.05, 0) is 65.2 Å². The summed E-state index contributed by atoms with van der Waals surface area (Å²) in [6.45, 7) is 3.46. The Morgan fingerprint density at radius 2 is 1.87 bits per heavy atom. The largest absolute Gasteiger partial charge is 0.501 e. The molecule has 39 heavy (non-hydrogen) atoms. The Kier molecular flexibility index (Phi) is 8.28. The molecule has 1 atom stereocenters. The van der Waals surface area contributed by atoms with Gasteiger partial charge in [0.1, 0.15) is 0 Å². The van der Waals surface area contributed by atoms with E-state index in [1.807, 2.05) is 0 Å². The standard InChI is InChI=1S/C25H21Br2N3O8S/c1-5-38-24(33)20-11(2)28-25-29(21(20)13-9-17(36-3)18(37-4)10-14(13)26)23(32)19(39-25)8-12-6-15(27)22(31)16(7-12)30(34)35/h6-10,21,31H,5H2,1-4H3/b19-8-/t21-/m1/s1. The van der Waals surface area contributed by atoms with Crippen LogP contribution in [0.3, 0.4) is 0 Å². The fourth-order valence-corrected chi connectivity index (χ4v) is 6.20. The number of carbonyl (C=O) groups is 1. The van der Waals surface area contributed by atoms with E-state index in [-0.39, 0.29) is 21.2 Å². The molecule has 0 saturated carbocycles. The molecule has 11 nitrogen and oxygen atoms in total. The van der Waals surface area contributed by atoms with Crippen molar-refractivity contribution in [1.29, 1.82) is 0 Å². The molecule has 2 heterocycles. The molecular formula is C25H21Br2N3O8S. The van der Waals surface area contributed by atoms with Gasteiger partial charge in [-0.1, -0.05) is 27.3 Å². The molecule has 0 radical (unpaired) electrons. The van der Waals surface area contributed by atoms with Crippen LogP contribution in [0.15, 0.2) is 54.3 Å². The second kappa shape index (κ2) is 11.3. The van der Waals surface area contributed by atoms with Crippen LogP contribution in [0.25, 0.3) is 6.08 Å². The van der Waals surface area contributed by atoms with E-state index in [2.05, 4.69) is 36.9 Å². The number of halogens is 2. The van der Waals surface area contributed by atoms with E-state index in [9.17, 15) is 24.8 Å². The average molecular weight is 683 g/mol. The number of rotatable bonds is 7. The Balaban J connectivity index is 2.02. The molecule has 0 spiro atoms. The van der Waals surface area contributed by atoms with Crippen LogP contribution in [0.1, 0.15) is 31.0 Å². The van der Waals surface area contributed by atoms with Crippen molar-refractivity contribution in [3.63, 3.8) is 0 Å². The number of esters is 1. The number of thiazole rings is 1. The summed E-state index contributed by atoms with van der Waals surface area (Å²) in [6.07, 6.45) is 1.46. The average Bonchev–Trinajstić information content (AvgIpc) is 3.19. The molecule has 204 valence electrons. The summed E-state index contributed by atoms with van der Waals surface area (Å²) in [7, 11) is 2.97. The maximum Gasteiger partial charge on any atom is 0.338 e. The van der Waals surface area contributed by atoms with Gasteiger partial charge in [-0.2, -0.15) is 0 Å². The number of carbonyl (C=O) groups excluding carboxylic acids is 1. The summed E-state index contributed by atoms with van der Waals surface area (Å²) >= 11 is 7.71. The zero-order valence-corrected chi connectivity index (χ0v) is 25.0. The number of phenolic OH excluding ortho intramolecular Hbond substituents is 1. The van der Waals surface area contributed by atoms with Gasteiger partial charge in [-0.15, -0.1) is 0 Å². The van der Waals surface area contributed by atoms with Crippen LogP contribution < -0.4 is 24.4 Å². The lowest BCUT2D eigenvalue weighted by Gasteiger charge is -2.26. The van der Waals surface area contributed by atoms with Gasteiger partial charge in [0.15, 0.2) is 16.3 Å². The van der Waals surface area contributed by atoms with Gasteiger partial charge in [0.05, 0.1) is 52.1 Å². The van der Waals surface area contributed by atoms with Crippen LogP contribution in [0.2, 0.25) is 0 Å².